The fourth-order valence-electron chi connectivity index (χ4n) is 4.35. The van der Waals surface area contributed by atoms with Gasteiger partial charge in [0.25, 0.3) is 5.91 Å². The van der Waals surface area contributed by atoms with E-state index in [2.05, 4.69) is 5.32 Å². The predicted molar refractivity (Wildman–Crippen MR) is 116 cm³/mol. The smallest absolute Gasteiger partial charge is 0.254 e. The lowest BCUT2D eigenvalue weighted by Crippen LogP contribution is -2.42. The maximum Gasteiger partial charge on any atom is 0.254 e. The molecule has 30 heavy (non-hydrogen) atoms. The number of benzene rings is 1. The van der Waals surface area contributed by atoms with Crippen molar-refractivity contribution < 1.29 is 18.0 Å². The Morgan fingerprint density at radius 2 is 1.80 bits per heavy atom. The average molecular weight is 436 g/mol. The van der Waals surface area contributed by atoms with Crippen LogP contribution in [0.15, 0.2) is 23.1 Å². The molecular weight excluding hydrogens is 402 g/mol. The molecule has 3 rings (SSSR count). The minimum Gasteiger partial charge on any atom is -0.356 e. The SMILES string of the molecule is CC(=O)NCC1CCN(C(=O)c2cc(S(=O)(=O)N3CCCCC3C)ccc2C)CC1. The highest BCUT2D eigenvalue weighted by molar-refractivity contribution is 7.89. The van der Waals surface area contributed by atoms with E-state index in [0.717, 1.165) is 37.7 Å². The first-order valence-corrected chi connectivity index (χ1v) is 12.3. The van der Waals surface area contributed by atoms with E-state index >= 15 is 0 Å². The Balaban J connectivity index is 1.74. The number of piperidine rings is 2. The molecule has 0 aliphatic carbocycles. The number of hydrogen-bond acceptors (Lipinski definition) is 4. The highest BCUT2D eigenvalue weighted by Crippen LogP contribution is 2.27. The van der Waals surface area contributed by atoms with Crippen LogP contribution in [0.25, 0.3) is 0 Å². The molecule has 2 aliphatic heterocycles. The van der Waals surface area contributed by atoms with Gasteiger partial charge in [-0.2, -0.15) is 4.31 Å². The summed E-state index contributed by atoms with van der Waals surface area (Å²) in [6, 6.07) is 4.88. The summed E-state index contributed by atoms with van der Waals surface area (Å²) in [5.41, 5.74) is 1.24. The van der Waals surface area contributed by atoms with Crippen LogP contribution >= 0.6 is 0 Å². The van der Waals surface area contributed by atoms with E-state index in [9.17, 15) is 18.0 Å². The van der Waals surface area contributed by atoms with E-state index in [1.54, 1.807) is 27.4 Å². The highest BCUT2D eigenvalue weighted by atomic mass is 32.2. The molecule has 0 radical (unpaired) electrons. The van der Waals surface area contributed by atoms with Gasteiger partial charge in [-0.25, -0.2) is 8.42 Å². The Labute approximate surface area is 179 Å². The van der Waals surface area contributed by atoms with Gasteiger partial charge in [-0.05, 0) is 63.1 Å². The zero-order chi connectivity index (χ0) is 21.9. The lowest BCUT2D eigenvalue weighted by molar-refractivity contribution is -0.119. The van der Waals surface area contributed by atoms with Gasteiger partial charge < -0.3 is 10.2 Å². The molecule has 2 amide bonds. The van der Waals surface area contributed by atoms with Crippen LogP contribution in [0.4, 0.5) is 0 Å². The normalized spacial score (nSPS) is 21.4. The quantitative estimate of drug-likeness (QED) is 0.770. The van der Waals surface area contributed by atoms with Crippen molar-refractivity contribution in [2.75, 3.05) is 26.2 Å². The number of carbonyl (C=O) groups excluding carboxylic acids is 2. The van der Waals surface area contributed by atoms with Crippen LogP contribution in [-0.4, -0.2) is 61.7 Å². The van der Waals surface area contributed by atoms with Crippen molar-refractivity contribution in [2.24, 2.45) is 5.92 Å². The number of sulfonamides is 1. The van der Waals surface area contributed by atoms with Crippen molar-refractivity contribution in [1.82, 2.24) is 14.5 Å². The summed E-state index contributed by atoms with van der Waals surface area (Å²) in [4.78, 5) is 26.3. The second-order valence-corrected chi connectivity index (χ2v) is 10.5. The molecule has 0 bridgehead atoms. The molecule has 1 N–H and O–H groups in total. The number of hydrogen-bond donors (Lipinski definition) is 1. The van der Waals surface area contributed by atoms with Crippen LogP contribution in [0.3, 0.4) is 0 Å². The highest BCUT2D eigenvalue weighted by Gasteiger charge is 2.32. The largest absolute Gasteiger partial charge is 0.356 e. The minimum atomic E-state index is -3.62. The van der Waals surface area contributed by atoms with E-state index in [4.69, 9.17) is 0 Å². The van der Waals surface area contributed by atoms with E-state index in [1.807, 2.05) is 13.8 Å². The molecule has 1 aromatic carbocycles. The molecule has 2 heterocycles. The molecule has 2 saturated heterocycles. The molecule has 0 saturated carbocycles. The third-order valence-electron chi connectivity index (χ3n) is 6.33. The molecule has 8 heteroatoms. The van der Waals surface area contributed by atoms with Crippen molar-refractivity contribution in [3.63, 3.8) is 0 Å². The summed E-state index contributed by atoms with van der Waals surface area (Å²) in [7, 11) is -3.62. The molecule has 1 unspecified atom stereocenters. The summed E-state index contributed by atoms with van der Waals surface area (Å²) >= 11 is 0. The molecule has 0 aromatic heterocycles. The first kappa shape index (κ1) is 22.7. The van der Waals surface area contributed by atoms with E-state index in [0.29, 0.717) is 37.7 Å². The van der Waals surface area contributed by atoms with Crippen LogP contribution < -0.4 is 5.32 Å². The molecule has 2 aliphatic rings. The van der Waals surface area contributed by atoms with E-state index < -0.39 is 10.0 Å². The van der Waals surface area contributed by atoms with Gasteiger partial charge in [0.05, 0.1) is 4.90 Å². The number of nitrogens with zero attached hydrogens (tertiary/aromatic N) is 2. The van der Waals surface area contributed by atoms with Gasteiger partial charge in [-0.3, -0.25) is 9.59 Å². The van der Waals surface area contributed by atoms with Crippen LogP contribution in [0.1, 0.15) is 61.9 Å². The molecule has 7 nitrogen and oxygen atoms in total. The summed E-state index contributed by atoms with van der Waals surface area (Å²) in [6.45, 7) is 7.69. The molecule has 166 valence electrons. The lowest BCUT2D eigenvalue weighted by Gasteiger charge is -2.33. The number of nitrogens with one attached hydrogen (secondary N) is 1. The first-order valence-electron chi connectivity index (χ1n) is 10.9. The van der Waals surface area contributed by atoms with Gasteiger partial charge in [0.15, 0.2) is 0 Å². The maximum absolute atomic E-state index is 13.2. The van der Waals surface area contributed by atoms with Gasteiger partial charge in [-0.15, -0.1) is 0 Å². The Morgan fingerprint density at radius 3 is 2.43 bits per heavy atom. The molecule has 1 aromatic rings. The molecule has 2 fully saturated rings. The third kappa shape index (κ3) is 5.03. The van der Waals surface area contributed by atoms with Crippen LogP contribution in [0, 0.1) is 12.8 Å². The number of rotatable bonds is 5. The summed E-state index contributed by atoms with van der Waals surface area (Å²) in [5.74, 6) is 0.214. The zero-order valence-corrected chi connectivity index (χ0v) is 19.0. The Morgan fingerprint density at radius 1 is 1.10 bits per heavy atom. The molecule has 0 spiro atoms. The predicted octanol–water partition coefficient (Wildman–Crippen LogP) is 2.55. The second-order valence-electron chi connectivity index (χ2n) is 8.61. The zero-order valence-electron chi connectivity index (χ0n) is 18.2. The Hall–Kier alpha value is -1.93. The van der Waals surface area contributed by atoms with Gasteiger partial charge in [0, 0.05) is 44.7 Å². The van der Waals surface area contributed by atoms with E-state index in [-0.39, 0.29) is 22.8 Å². The van der Waals surface area contributed by atoms with Crippen molar-refractivity contribution in [2.45, 2.75) is 63.8 Å². The van der Waals surface area contributed by atoms with Crippen molar-refractivity contribution in [3.05, 3.63) is 29.3 Å². The van der Waals surface area contributed by atoms with Crippen LogP contribution in [-0.2, 0) is 14.8 Å². The van der Waals surface area contributed by atoms with Gasteiger partial charge >= 0.3 is 0 Å². The summed E-state index contributed by atoms with van der Waals surface area (Å²) < 4.78 is 28.0. The Bertz CT molecular complexity index is 892. The fraction of sp³-hybridized carbons (Fsp3) is 0.636. The summed E-state index contributed by atoms with van der Waals surface area (Å²) in [6.07, 6.45) is 4.43. The summed E-state index contributed by atoms with van der Waals surface area (Å²) in [5, 5.41) is 2.85. The maximum atomic E-state index is 13.2. The van der Waals surface area contributed by atoms with Crippen LogP contribution in [0.2, 0.25) is 0 Å². The molecule has 1 atom stereocenters. The van der Waals surface area contributed by atoms with Crippen LogP contribution in [0.5, 0.6) is 0 Å². The van der Waals surface area contributed by atoms with Crippen molar-refractivity contribution >= 4 is 21.8 Å². The van der Waals surface area contributed by atoms with Crippen molar-refractivity contribution in [1.29, 1.82) is 0 Å². The number of amides is 2. The fourth-order valence-corrected chi connectivity index (χ4v) is 6.08. The van der Waals surface area contributed by atoms with Gasteiger partial charge in [0.2, 0.25) is 15.9 Å². The Kier molecular flexibility index (Phi) is 7.18. The minimum absolute atomic E-state index is 0.0214. The first-order chi connectivity index (χ1) is 14.2. The second kappa shape index (κ2) is 9.47. The van der Waals surface area contributed by atoms with Gasteiger partial charge in [-0.1, -0.05) is 12.5 Å². The average Bonchev–Trinajstić information content (AvgIpc) is 2.72. The third-order valence-corrected chi connectivity index (χ3v) is 8.34. The number of likely N-dealkylation sites (tertiary alicyclic amines) is 1. The standard InChI is InChI=1S/C22H33N3O4S/c1-16-7-8-20(30(28,29)25-11-5-4-6-17(25)2)14-21(16)22(27)24-12-9-19(10-13-24)15-23-18(3)26/h7-8,14,17,19H,4-6,9-13,15H2,1-3H3,(H,23,26). The van der Waals surface area contributed by atoms with Crippen molar-refractivity contribution in [3.8, 4) is 0 Å². The van der Waals surface area contributed by atoms with E-state index in [1.165, 1.54) is 6.92 Å². The topological polar surface area (TPSA) is 86.8 Å². The number of aryl methyl sites for hydroxylation is 1. The van der Waals surface area contributed by atoms with Gasteiger partial charge in [0.1, 0.15) is 0 Å². The lowest BCUT2D eigenvalue weighted by atomic mass is 9.96. The monoisotopic (exact) mass is 435 g/mol. The number of carbonyl (C=O) groups is 2. The molecular formula is C22H33N3O4S.